The second-order valence-corrected chi connectivity index (χ2v) is 5.49. The molecule has 4 heteroatoms. The second-order valence-electron chi connectivity index (χ2n) is 5.49. The summed E-state index contributed by atoms with van der Waals surface area (Å²) < 4.78 is 10.2. The Balaban J connectivity index is 0.000000240. The van der Waals surface area contributed by atoms with Crippen molar-refractivity contribution in [2.75, 3.05) is 14.2 Å². The van der Waals surface area contributed by atoms with Crippen LogP contribution >= 0.6 is 0 Å². The van der Waals surface area contributed by atoms with Crippen LogP contribution in [0.2, 0.25) is 0 Å². The number of rotatable bonds is 6. The topological polar surface area (TPSA) is 58.9 Å². The molecule has 0 fully saturated rings. The molecule has 0 atom stereocenters. The van der Waals surface area contributed by atoms with Crippen LogP contribution in [0.1, 0.15) is 37.8 Å². The Morgan fingerprint density at radius 2 is 1.08 bits per heavy atom. The minimum atomic E-state index is 0.256. The molecular formula is C20H28O4. The van der Waals surface area contributed by atoms with E-state index >= 15 is 0 Å². The number of methoxy groups -OCH3 is 2. The van der Waals surface area contributed by atoms with Crippen LogP contribution in [-0.2, 0) is 12.8 Å². The summed E-state index contributed by atoms with van der Waals surface area (Å²) in [6, 6.07) is 10.5. The fourth-order valence-electron chi connectivity index (χ4n) is 2.42. The first-order valence-corrected chi connectivity index (χ1v) is 8.27. The molecule has 0 bridgehead atoms. The van der Waals surface area contributed by atoms with Crippen LogP contribution in [0.5, 0.6) is 23.0 Å². The largest absolute Gasteiger partial charge is 0.508 e. The molecule has 2 rings (SSSR count). The maximum absolute atomic E-state index is 9.16. The standard InChI is InChI=1S/2C10H14O2/c2*1-3-4-8-5-6-9(11)7-10(8)12-2/h2*5-7,11H,3-4H2,1-2H3. The fourth-order valence-corrected chi connectivity index (χ4v) is 2.42. The van der Waals surface area contributed by atoms with Gasteiger partial charge in [-0.15, -0.1) is 0 Å². The van der Waals surface area contributed by atoms with Gasteiger partial charge in [0, 0.05) is 12.1 Å². The predicted molar refractivity (Wildman–Crippen MR) is 97.3 cm³/mol. The molecule has 0 saturated carbocycles. The van der Waals surface area contributed by atoms with E-state index in [2.05, 4.69) is 13.8 Å². The summed E-state index contributed by atoms with van der Waals surface area (Å²) >= 11 is 0. The predicted octanol–water partition coefficient (Wildman–Crippen LogP) is 4.71. The molecule has 0 unspecified atom stereocenters. The molecule has 0 aliphatic carbocycles. The van der Waals surface area contributed by atoms with E-state index in [1.807, 2.05) is 12.1 Å². The zero-order valence-corrected chi connectivity index (χ0v) is 15.0. The van der Waals surface area contributed by atoms with Crippen molar-refractivity contribution in [3.05, 3.63) is 47.5 Å². The van der Waals surface area contributed by atoms with Crippen LogP contribution < -0.4 is 9.47 Å². The molecule has 0 heterocycles. The Hall–Kier alpha value is -2.36. The molecule has 4 nitrogen and oxygen atoms in total. The van der Waals surface area contributed by atoms with Crippen LogP contribution in [0.4, 0.5) is 0 Å². The van der Waals surface area contributed by atoms with Gasteiger partial charge in [0.15, 0.2) is 0 Å². The van der Waals surface area contributed by atoms with E-state index in [9.17, 15) is 0 Å². The van der Waals surface area contributed by atoms with Gasteiger partial charge in [-0.25, -0.2) is 0 Å². The molecule has 0 amide bonds. The first kappa shape index (κ1) is 19.7. The number of phenols is 2. The van der Waals surface area contributed by atoms with Crippen molar-refractivity contribution in [3.63, 3.8) is 0 Å². The van der Waals surface area contributed by atoms with Crippen LogP contribution in [-0.4, -0.2) is 24.4 Å². The van der Waals surface area contributed by atoms with Crippen molar-refractivity contribution in [1.29, 1.82) is 0 Å². The lowest BCUT2D eigenvalue weighted by atomic mass is 10.1. The molecule has 0 radical (unpaired) electrons. The smallest absolute Gasteiger partial charge is 0.125 e. The summed E-state index contributed by atoms with van der Waals surface area (Å²) in [7, 11) is 3.24. The van der Waals surface area contributed by atoms with Gasteiger partial charge in [-0.1, -0.05) is 38.8 Å². The maximum Gasteiger partial charge on any atom is 0.125 e. The van der Waals surface area contributed by atoms with E-state index in [-0.39, 0.29) is 11.5 Å². The van der Waals surface area contributed by atoms with E-state index in [0.717, 1.165) is 48.3 Å². The monoisotopic (exact) mass is 332 g/mol. The summed E-state index contributed by atoms with van der Waals surface area (Å²) in [6.07, 6.45) is 4.15. The van der Waals surface area contributed by atoms with E-state index in [4.69, 9.17) is 19.7 Å². The zero-order chi connectivity index (χ0) is 17.9. The molecule has 132 valence electrons. The third-order valence-electron chi connectivity index (χ3n) is 3.58. The number of benzene rings is 2. The average Bonchev–Trinajstić information content (AvgIpc) is 2.59. The number of ether oxygens (including phenoxy) is 2. The first-order chi connectivity index (χ1) is 11.5. The summed E-state index contributed by atoms with van der Waals surface area (Å²) in [5.74, 6) is 2.06. The zero-order valence-electron chi connectivity index (χ0n) is 15.0. The van der Waals surface area contributed by atoms with Gasteiger partial charge in [0.2, 0.25) is 0 Å². The number of hydrogen-bond acceptors (Lipinski definition) is 4. The average molecular weight is 332 g/mol. The van der Waals surface area contributed by atoms with Gasteiger partial charge in [-0.2, -0.15) is 0 Å². The van der Waals surface area contributed by atoms with Crippen LogP contribution in [0.3, 0.4) is 0 Å². The van der Waals surface area contributed by atoms with E-state index in [1.54, 1.807) is 38.5 Å². The van der Waals surface area contributed by atoms with Crippen molar-refractivity contribution < 1.29 is 19.7 Å². The number of hydrogen-bond donors (Lipinski definition) is 2. The SMILES string of the molecule is CCCc1ccc(O)cc1OC.CCCc1ccc(O)cc1OC. The summed E-state index contributed by atoms with van der Waals surface area (Å²) in [6.45, 7) is 4.23. The highest BCUT2D eigenvalue weighted by Gasteiger charge is 2.02. The molecule has 0 aliphatic heterocycles. The fraction of sp³-hybridized carbons (Fsp3) is 0.400. The van der Waals surface area contributed by atoms with Crippen molar-refractivity contribution in [3.8, 4) is 23.0 Å². The highest BCUT2D eigenvalue weighted by atomic mass is 16.5. The van der Waals surface area contributed by atoms with Gasteiger partial charge in [-0.3, -0.25) is 0 Å². The lowest BCUT2D eigenvalue weighted by molar-refractivity contribution is 0.402. The van der Waals surface area contributed by atoms with Crippen molar-refractivity contribution in [2.45, 2.75) is 39.5 Å². The molecular weight excluding hydrogens is 304 g/mol. The molecule has 2 aromatic rings. The van der Waals surface area contributed by atoms with Gasteiger partial charge in [0.25, 0.3) is 0 Å². The Labute approximate surface area is 144 Å². The number of phenolic OH excluding ortho intramolecular Hbond substituents is 2. The highest BCUT2D eigenvalue weighted by molar-refractivity contribution is 5.40. The number of aryl methyl sites for hydroxylation is 2. The van der Waals surface area contributed by atoms with Gasteiger partial charge >= 0.3 is 0 Å². The molecule has 0 spiro atoms. The molecule has 0 aliphatic rings. The Kier molecular flexibility index (Phi) is 8.55. The first-order valence-electron chi connectivity index (χ1n) is 8.27. The summed E-state index contributed by atoms with van der Waals surface area (Å²) in [4.78, 5) is 0. The van der Waals surface area contributed by atoms with Crippen LogP contribution in [0, 0.1) is 0 Å². The Morgan fingerprint density at radius 3 is 1.38 bits per heavy atom. The van der Waals surface area contributed by atoms with Crippen LogP contribution in [0.15, 0.2) is 36.4 Å². The molecule has 2 N–H and O–H groups in total. The van der Waals surface area contributed by atoms with Crippen molar-refractivity contribution >= 4 is 0 Å². The summed E-state index contributed by atoms with van der Waals surface area (Å²) in [5.41, 5.74) is 2.30. The minimum absolute atomic E-state index is 0.256. The third kappa shape index (κ3) is 6.03. The molecule has 0 saturated heterocycles. The minimum Gasteiger partial charge on any atom is -0.508 e. The van der Waals surface area contributed by atoms with Gasteiger partial charge in [0.05, 0.1) is 14.2 Å². The van der Waals surface area contributed by atoms with Gasteiger partial charge in [0.1, 0.15) is 23.0 Å². The number of aromatic hydroxyl groups is 2. The summed E-state index contributed by atoms with van der Waals surface area (Å²) in [5, 5.41) is 18.3. The maximum atomic E-state index is 9.16. The van der Waals surface area contributed by atoms with Crippen molar-refractivity contribution in [2.24, 2.45) is 0 Å². The molecule has 24 heavy (non-hydrogen) atoms. The highest BCUT2D eigenvalue weighted by Crippen LogP contribution is 2.25. The van der Waals surface area contributed by atoms with E-state index in [1.165, 1.54) is 0 Å². The third-order valence-corrected chi connectivity index (χ3v) is 3.58. The quantitative estimate of drug-likeness (QED) is 0.804. The molecule has 2 aromatic carbocycles. The van der Waals surface area contributed by atoms with Crippen LogP contribution in [0.25, 0.3) is 0 Å². The Morgan fingerprint density at radius 1 is 0.708 bits per heavy atom. The molecule has 0 aromatic heterocycles. The normalized spacial score (nSPS) is 9.83. The van der Waals surface area contributed by atoms with Gasteiger partial charge in [-0.05, 0) is 36.1 Å². The van der Waals surface area contributed by atoms with Gasteiger partial charge < -0.3 is 19.7 Å². The Bertz CT molecular complexity index is 568. The van der Waals surface area contributed by atoms with E-state index in [0.29, 0.717) is 0 Å². The lowest BCUT2D eigenvalue weighted by Crippen LogP contribution is -1.90. The lowest BCUT2D eigenvalue weighted by Gasteiger charge is -2.06. The second kappa shape index (κ2) is 10.4. The van der Waals surface area contributed by atoms with E-state index < -0.39 is 0 Å². The van der Waals surface area contributed by atoms with Crippen molar-refractivity contribution in [1.82, 2.24) is 0 Å².